The van der Waals surface area contributed by atoms with Crippen molar-refractivity contribution in [3.8, 4) is 5.75 Å². The summed E-state index contributed by atoms with van der Waals surface area (Å²) in [5, 5.41) is 3.62. The number of hydrogen-bond acceptors (Lipinski definition) is 2. The fourth-order valence-electron chi connectivity index (χ4n) is 2.39. The highest BCUT2D eigenvalue weighted by molar-refractivity contribution is 9.11. The Kier molecular flexibility index (Phi) is 5.52. The molecule has 1 N–H and O–H groups in total. The first kappa shape index (κ1) is 14.4. The number of ether oxygens (including phenoxy) is 1. The maximum Gasteiger partial charge on any atom is 0.147 e. The SMILES string of the molecule is CCOc1c(Br)cc(CNC2CCCC2)cc1Br. The van der Waals surface area contributed by atoms with Crippen LogP contribution in [0.4, 0.5) is 0 Å². The summed E-state index contributed by atoms with van der Waals surface area (Å²) in [7, 11) is 0. The second kappa shape index (κ2) is 6.92. The second-order valence-corrected chi connectivity index (χ2v) is 6.39. The van der Waals surface area contributed by atoms with E-state index in [-0.39, 0.29) is 0 Å². The molecule has 0 atom stereocenters. The molecule has 1 aromatic rings. The van der Waals surface area contributed by atoms with E-state index in [4.69, 9.17) is 4.74 Å². The summed E-state index contributed by atoms with van der Waals surface area (Å²) < 4.78 is 7.62. The molecule has 18 heavy (non-hydrogen) atoms. The van der Waals surface area contributed by atoms with Gasteiger partial charge in [0.1, 0.15) is 5.75 Å². The van der Waals surface area contributed by atoms with Gasteiger partial charge in [-0.2, -0.15) is 0 Å². The molecular formula is C14H19Br2NO. The topological polar surface area (TPSA) is 21.3 Å². The van der Waals surface area contributed by atoms with E-state index >= 15 is 0 Å². The summed E-state index contributed by atoms with van der Waals surface area (Å²) in [5.74, 6) is 0.891. The lowest BCUT2D eigenvalue weighted by Gasteiger charge is -2.14. The molecule has 1 saturated carbocycles. The van der Waals surface area contributed by atoms with Gasteiger partial charge in [0.2, 0.25) is 0 Å². The summed E-state index contributed by atoms with van der Waals surface area (Å²) in [6.45, 7) is 3.60. The lowest BCUT2D eigenvalue weighted by atomic mass is 10.2. The monoisotopic (exact) mass is 375 g/mol. The maximum atomic E-state index is 5.59. The normalized spacial score (nSPS) is 16.2. The van der Waals surface area contributed by atoms with Crippen molar-refractivity contribution >= 4 is 31.9 Å². The van der Waals surface area contributed by atoms with Gasteiger partial charge < -0.3 is 10.1 Å². The first-order valence-electron chi connectivity index (χ1n) is 6.54. The first-order valence-corrected chi connectivity index (χ1v) is 8.13. The van der Waals surface area contributed by atoms with Gasteiger partial charge in [0, 0.05) is 12.6 Å². The minimum atomic E-state index is 0.677. The van der Waals surface area contributed by atoms with Crippen molar-refractivity contribution in [1.82, 2.24) is 5.32 Å². The molecule has 0 spiro atoms. The van der Waals surface area contributed by atoms with Gasteiger partial charge in [0.25, 0.3) is 0 Å². The number of rotatable bonds is 5. The average Bonchev–Trinajstić information content (AvgIpc) is 2.84. The van der Waals surface area contributed by atoms with Crippen molar-refractivity contribution in [3.05, 3.63) is 26.6 Å². The van der Waals surface area contributed by atoms with Gasteiger partial charge in [0.15, 0.2) is 0 Å². The Labute approximate surface area is 126 Å². The summed E-state index contributed by atoms with van der Waals surface area (Å²) in [4.78, 5) is 0. The summed E-state index contributed by atoms with van der Waals surface area (Å²) in [5.41, 5.74) is 1.28. The van der Waals surface area contributed by atoms with Crippen molar-refractivity contribution in [3.63, 3.8) is 0 Å². The molecule has 2 nitrogen and oxygen atoms in total. The van der Waals surface area contributed by atoms with Gasteiger partial charge in [-0.1, -0.05) is 12.8 Å². The predicted molar refractivity (Wildman–Crippen MR) is 82.1 cm³/mol. The van der Waals surface area contributed by atoms with Gasteiger partial charge in [-0.05, 0) is 69.3 Å². The van der Waals surface area contributed by atoms with Crippen molar-refractivity contribution in [2.75, 3.05) is 6.61 Å². The third kappa shape index (κ3) is 3.72. The van der Waals surface area contributed by atoms with Gasteiger partial charge >= 0.3 is 0 Å². The Morgan fingerprint density at radius 1 is 1.22 bits per heavy atom. The molecule has 0 unspecified atom stereocenters. The van der Waals surface area contributed by atoms with Crippen LogP contribution in [-0.4, -0.2) is 12.6 Å². The number of benzene rings is 1. The van der Waals surface area contributed by atoms with Crippen LogP contribution in [0, 0.1) is 0 Å². The highest BCUT2D eigenvalue weighted by Crippen LogP contribution is 2.34. The van der Waals surface area contributed by atoms with Crippen LogP contribution in [0.5, 0.6) is 5.75 Å². The van der Waals surface area contributed by atoms with E-state index in [9.17, 15) is 0 Å². The number of nitrogens with one attached hydrogen (secondary N) is 1. The molecular weight excluding hydrogens is 358 g/mol. The summed E-state index contributed by atoms with van der Waals surface area (Å²) in [6, 6.07) is 4.98. The molecule has 4 heteroatoms. The zero-order valence-corrected chi connectivity index (χ0v) is 13.8. The minimum absolute atomic E-state index is 0.677. The minimum Gasteiger partial charge on any atom is -0.492 e. The molecule has 0 aromatic heterocycles. The van der Waals surface area contributed by atoms with Crippen molar-refractivity contribution in [1.29, 1.82) is 0 Å². The van der Waals surface area contributed by atoms with E-state index < -0.39 is 0 Å². The van der Waals surface area contributed by atoms with Crippen LogP contribution >= 0.6 is 31.9 Å². The molecule has 0 heterocycles. The molecule has 100 valence electrons. The molecule has 0 bridgehead atoms. The zero-order chi connectivity index (χ0) is 13.0. The highest BCUT2D eigenvalue weighted by atomic mass is 79.9. The second-order valence-electron chi connectivity index (χ2n) is 4.68. The van der Waals surface area contributed by atoms with Crippen LogP contribution in [0.3, 0.4) is 0 Å². The zero-order valence-electron chi connectivity index (χ0n) is 10.6. The Morgan fingerprint density at radius 3 is 2.39 bits per heavy atom. The maximum absolute atomic E-state index is 5.59. The molecule has 0 amide bonds. The highest BCUT2D eigenvalue weighted by Gasteiger charge is 2.14. The molecule has 1 fully saturated rings. The first-order chi connectivity index (χ1) is 8.70. The molecule has 2 rings (SSSR count). The number of halogens is 2. The quantitative estimate of drug-likeness (QED) is 0.807. The fraction of sp³-hybridized carbons (Fsp3) is 0.571. The van der Waals surface area contributed by atoms with Crippen LogP contribution < -0.4 is 10.1 Å². The van der Waals surface area contributed by atoms with E-state index in [0.29, 0.717) is 12.6 Å². The van der Waals surface area contributed by atoms with Gasteiger partial charge in [-0.15, -0.1) is 0 Å². The van der Waals surface area contributed by atoms with E-state index in [1.165, 1.54) is 31.2 Å². The van der Waals surface area contributed by atoms with Crippen molar-refractivity contribution in [2.45, 2.75) is 45.2 Å². The summed E-state index contributed by atoms with van der Waals surface area (Å²) in [6.07, 6.45) is 5.38. The predicted octanol–water partition coefficient (Wildman–Crippen LogP) is 4.64. The van der Waals surface area contributed by atoms with Crippen molar-refractivity contribution in [2.24, 2.45) is 0 Å². The smallest absolute Gasteiger partial charge is 0.147 e. The van der Waals surface area contributed by atoms with Crippen LogP contribution in [0.15, 0.2) is 21.1 Å². The Balaban J connectivity index is 2.00. The third-order valence-electron chi connectivity index (χ3n) is 3.30. The van der Waals surface area contributed by atoms with Crippen LogP contribution in [-0.2, 0) is 6.54 Å². The summed E-state index contributed by atoms with van der Waals surface area (Å²) >= 11 is 7.14. The Hall–Kier alpha value is -0.0600. The van der Waals surface area contributed by atoms with Crippen LogP contribution in [0.1, 0.15) is 38.2 Å². The largest absolute Gasteiger partial charge is 0.492 e. The van der Waals surface area contributed by atoms with Crippen molar-refractivity contribution < 1.29 is 4.74 Å². The molecule has 1 aliphatic carbocycles. The van der Waals surface area contributed by atoms with Gasteiger partial charge in [-0.25, -0.2) is 0 Å². The van der Waals surface area contributed by atoms with Gasteiger partial charge in [0.05, 0.1) is 15.6 Å². The fourth-order valence-corrected chi connectivity index (χ4v) is 3.90. The van der Waals surface area contributed by atoms with Gasteiger partial charge in [-0.3, -0.25) is 0 Å². The lowest BCUT2D eigenvalue weighted by molar-refractivity contribution is 0.336. The van der Waals surface area contributed by atoms with E-state index in [0.717, 1.165) is 21.2 Å². The number of hydrogen-bond donors (Lipinski definition) is 1. The molecule has 1 aliphatic rings. The molecule has 0 radical (unpaired) electrons. The van der Waals surface area contributed by atoms with E-state index in [1.807, 2.05) is 6.92 Å². The molecule has 1 aromatic carbocycles. The van der Waals surface area contributed by atoms with Crippen LogP contribution in [0.25, 0.3) is 0 Å². The Bertz CT molecular complexity index is 380. The molecule has 0 saturated heterocycles. The Morgan fingerprint density at radius 2 is 1.83 bits per heavy atom. The molecule has 0 aliphatic heterocycles. The van der Waals surface area contributed by atoms with E-state index in [2.05, 4.69) is 49.3 Å². The average molecular weight is 377 g/mol. The van der Waals surface area contributed by atoms with Crippen LogP contribution in [0.2, 0.25) is 0 Å². The standard InChI is InChI=1S/C14H19Br2NO/c1-2-18-14-12(15)7-10(8-13(14)16)9-17-11-5-3-4-6-11/h7-8,11,17H,2-6,9H2,1H3. The van der Waals surface area contributed by atoms with E-state index in [1.54, 1.807) is 0 Å². The lowest BCUT2D eigenvalue weighted by Crippen LogP contribution is -2.25. The third-order valence-corrected chi connectivity index (χ3v) is 4.47.